The molecule has 0 aliphatic rings. The number of halogens is 1. The number of nitrogens with one attached hydrogen (secondary N) is 1. The highest BCUT2D eigenvalue weighted by Gasteiger charge is 2.07. The van der Waals surface area contributed by atoms with Crippen molar-refractivity contribution in [1.29, 1.82) is 0 Å². The molecule has 0 saturated carbocycles. The van der Waals surface area contributed by atoms with E-state index in [-0.39, 0.29) is 5.82 Å². The summed E-state index contributed by atoms with van der Waals surface area (Å²) in [6, 6.07) is 9.10. The van der Waals surface area contributed by atoms with E-state index in [1.54, 1.807) is 31.2 Å². The van der Waals surface area contributed by atoms with Gasteiger partial charge in [-0.2, -0.15) is 0 Å². The zero-order chi connectivity index (χ0) is 14.0. The number of primary amides is 1. The second-order valence-corrected chi connectivity index (χ2v) is 4.25. The smallest absolute Gasteiger partial charge is 0.248 e. The first kappa shape index (κ1) is 12.9. The van der Waals surface area contributed by atoms with E-state index in [1.807, 2.05) is 0 Å². The average Bonchev–Trinajstić information content (AvgIpc) is 2.34. The Morgan fingerprint density at radius 3 is 2.53 bits per heavy atom. The largest absolute Gasteiger partial charge is 0.397 e. The van der Waals surface area contributed by atoms with Gasteiger partial charge in [-0.05, 0) is 48.9 Å². The summed E-state index contributed by atoms with van der Waals surface area (Å²) in [5.41, 5.74) is 13.9. The Balaban J connectivity index is 2.37. The third-order valence-corrected chi connectivity index (χ3v) is 2.80. The molecular formula is C14H14FN3O. The van der Waals surface area contributed by atoms with Crippen molar-refractivity contribution in [2.45, 2.75) is 6.92 Å². The third-order valence-electron chi connectivity index (χ3n) is 2.80. The van der Waals surface area contributed by atoms with Crippen LogP contribution in [0.3, 0.4) is 0 Å². The molecule has 98 valence electrons. The highest BCUT2D eigenvalue weighted by atomic mass is 19.1. The number of carbonyl (C=O) groups excluding carboxylic acids is 1. The van der Waals surface area contributed by atoms with Gasteiger partial charge in [0.05, 0.1) is 11.4 Å². The Hall–Kier alpha value is -2.56. The lowest BCUT2D eigenvalue weighted by Gasteiger charge is -2.12. The van der Waals surface area contributed by atoms with Crippen molar-refractivity contribution in [3.63, 3.8) is 0 Å². The lowest BCUT2D eigenvalue weighted by molar-refractivity contribution is 0.100. The molecule has 0 aliphatic carbocycles. The molecule has 0 aliphatic heterocycles. The lowest BCUT2D eigenvalue weighted by atomic mass is 10.1. The van der Waals surface area contributed by atoms with Crippen LogP contribution in [0, 0.1) is 12.7 Å². The van der Waals surface area contributed by atoms with Crippen LogP contribution < -0.4 is 16.8 Å². The maximum atomic E-state index is 13.0. The van der Waals surface area contributed by atoms with Gasteiger partial charge in [-0.15, -0.1) is 0 Å². The standard InChI is InChI=1S/C14H14FN3O/c1-8-6-10(15)3-5-12(8)18-13-7-9(14(17)19)2-4-11(13)16/h2-7,18H,16H2,1H3,(H2,17,19). The predicted octanol–water partition coefficient (Wildman–Crippen LogP) is 2.56. The van der Waals surface area contributed by atoms with E-state index in [0.717, 1.165) is 11.3 Å². The molecule has 0 fully saturated rings. The first-order valence-corrected chi connectivity index (χ1v) is 5.70. The molecule has 1 amide bonds. The molecule has 5 N–H and O–H groups in total. The number of carbonyl (C=O) groups is 1. The number of nitrogen functional groups attached to an aromatic ring is 1. The summed E-state index contributed by atoms with van der Waals surface area (Å²) in [4.78, 5) is 11.1. The van der Waals surface area contributed by atoms with E-state index in [2.05, 4.69) is 5.32 Å². The number of nitrogens with two attached hydrogens (primary N) is 2. The van der Waals surface area contributed by atoms with Crippen LogP contribution in [-0.4, -0.2) is 5.91 Å². The second kappa shape index (κ2) is 4.97. The van der Waals surface area contributed by atoms with Crippen LogP contribution in [0.15, 0.2) is 36.4 Å². The van der Waals surface area contributed by atoms with Crippen LogP contribution in [0.4, 0.5) is 21.5 Å². The van der Waals surface area contributed by atoms with Gasteiger partial charge in [0.25, 0.3) is 0 Å². The molecule has 0 heterocycles. The van der Waals surface area contributed by atoms with E-state index in [0.29, 0.717) is 16.9 Å². The SMILES string of the molecule is Cc1cc(F)ccc1Nc1cc(C(N)=O)ccc1N. The molecule has 2 rings (SSSR count). The lowest BCUT2D eigenvalue weighted by Crippen LogP contribution is -2.11. The first-order valence-electron chi connectivity index (χ1n) is 5.70. The molecule has 19 heavy (non-hydrogen) atoms. The van der Waals surface area contributed by atoms with Crippen molar-refractivity contribution < 1.29 is 9.18 Å². The van der Waals surface area contributed by atoms with Crippen LogP contribution in [0.5, 0.6) is 0 Å². The van der Waals surface area contributed by atoms with Crippen molar-refractivity contribution in [2.75, 3.05) is 11.1 Å². The molecule has 0 spiro atoms. The summed E-state index contributed by atoms with van der Waals surface area (Å²) in [7, 11) is 0. The summed E-state index contributed by atoms with van der Waals surface area (Å²) in [5.74, 6) is -0.833. The monoisotopic (exact) mass is 259 g/mol. The number of rotatable bonds is 3. The molecule has 0 saturated heterocycles. The third kappa shape index (κ3) is 2.82. The van der Waals surface area contributed by atoms with Crippen molar-refractivity contribution in [3.8, 4) is 0 Å². The summed E-state index contributed by atoms with van der Waals surface area (Å²) in [5, 5.41) is 3.06. The fourth-order valence-electron chi connectivity index (χ4n) is 1.73. The highest BCUT2D eigenvalue weighted by Crippen LogP contribution is 2.26. The van der Waals surface area contributed by atoms with Gasteiger partial charge >= 0.3 is 0 Å². The Labute approximate surface area is 110 Å². The quantitative estimate of drug-likeness (QED) is 0.741. The van der Waals surface area contributed by atoms with Gasteiger partial charge < -0.3 is 16.8 Å². The van der Waals surface area contributed by atoms with Crippen LogP contribution in [-0.2, 0) is 0 Å². The fraction of sp³-hybridized carbons (Fsp3) is 0.0714. The molecule has 2 aromatic rings. The molecule has 2 aromatic carbocycles. The summed E-state index contributed by atoms with van der Waals surface area (Å²) in [6.07, 6.45) is 0. The van der Waals surface area contributed by atoms with Crippen molar-refractivity contribution in [2.24, 2.45) is 5.73 Å². The van der Waals surface area contributed by atoms with Crippen molar-refractivity contribution in [1.82, 2.24) is 0 Å². The second-order valence-electron chi connectivity index (χ2n) is 4.25. The first-order chi connectivity index (χ1) is 8.97. The van der Waals surface area contributed by atoms with Crippen LogP contribution >= 0.6 is 0 Å². The van der Waals surface area contributed by atoms with E-state index in [9.17, 15) is 9.18 Å². The number of hydrogen-bond donors (Lipinski definition) is 3. The predicted molar refractivity (Wildman–Crippen MR) is 73.8 cm³/mol. The van der Waals surface area contributed by atoms with Gasteiger partial charge in [0.1, 0.15) is 5.82 Å². The summed E-state index contributed by atoms with van der Waals surface area (Å²) >= 11 is 0. The number of benzene rings is 2. The van der Waals surface area contributed by atoms with Crippen LogP contribution in [0.25, 0.3) is 0 Å². The van der Waals surface area contributed by atoms with Gasteiger partial charge in [0, 0.05) is 11.3 Å². The summed E-state index contributed by atoms with van der Waals surface area (Å²) in [6.45, 7) is 1.78. The van der Waals surface area contributed by atoms with Crippen molar-refractivity contribution in [3.05, 3.63) is 53.3 Å². The molecule has 0 aromatic heterocycles. The maximum Gasteiger partial charge on any atom is 0.248 e. The number of anilines is 3. The van der Waals surface area contributed by atoms with Crippen molar-refractivity contribution >= 4 is 23.0 Å². The minimum atomic E-state index is -0.529. The number of aryl methyl sites for hydroxylation is 1. The Morgan fingerprint density at radius 1 is 1.16 bits per heavy atom. The summed E-state index contributed by atoms with van der Waals surface area (Å²) < 4.78 is 13.0. The van der Waals surface area contributed by atoms with Crippen LogP contribution in [0.1, 0.15) is 15.9 Å². The Kier molecular flexibility index (Phi) is 3.37. The van der Waals surface area contributed by atoms with Crippen LogP contribution in [0.2, 0.25) is 0 Å². The normalized spacial score (nSPS) is 10.2. The number of hydrogen-bond acceptors (Lipinski definition) is 3. The zero-order valence-electron chi connectivity index (χ0n) is 10.4. The van der Waals surface area contributed by atoms with E-state index in [4.69, 9.17) is 11.5 Å². The Bertz CT molecular complexity index is 641. The topological polar surface area (TPSA) is 81.1 Å². The Morgan fingerprint density at radius 2 is 1.89 bits per heavy atom. The molecule has 5 heteroatoms. The zero-order valence-corrected chi connectivity index (χ0v) is 10.4. The van der Waals surface area contributed by atoms with E-state index >= 15 is 0 Å². The molecular weight excluding hydrogens is 245 g/mol. The van der Waals surface area contributed by atoms with Gasteiger partial charge in [-0.3, -0.25) is 4.79 Å². The van der Waals surface area contributed by atoms with Gasteiger partial charge in [-0.25, -0.2) is 4.39 Å². The molecule has 0 bridgehead atoms. The van der Waals surface area contributed by atoms with Gasteiger partial charge in [0.15, 0.2) is 0 Å². The molecule has 0 radical (unpaired) electrons. The van der Waals surface area contributed by atoms with Gasteiger partial charge in [-0.1, -0.05) is 0 Å². The van der Waals surface area contributed by atoms with Gasteiger partial charge in [0.2, 0.25) is 5.91 Å². The molecule has 0 atom stereocenters. The van der Waals surface area contributed by atoms with E-state index in [1.165, 1.54) is 12.1 Å². The minimum Gasteiger partial charge on any atom is -0.397 e. The number of amides is 1. The maximum absolute atomic E-state index is 13.0. The molecule has 0 unspecified atom stereocenters. The van der Waals surface area contributed by atoms with E-state index < -0.39 is 5.91 Å². The fourth-order valence-corrected chi connectivity index (χ4v) is 1.73. The minimum absolute atomic E-state index is 0.304. The highest BCUT2D eigenvalue weighted by molar-refractivity contribution is 5.95. The molecule has 4 nitrogen and oxygen atoms in total. The average molecular weight is 259 g/mol.